The summed E-state index contributed by atoms with van der Waals surface area (Å²) < 4.78 is 5.21. The molecule has 0 amide bonds. The summed E-state index contributed by atoms with van der Waals surface area (Å²) in [5.41, 5.74) is -0.529. The summed E-state index contributed by atoms with van der Waals surface area (Å²) in [6.07, 6.45) is 1.68. The van der Waals surface area contributed by atoms with Crippen LogP contribution in [0.5, 0.6) is 0 Å². The van der Waals surface area contributed by atoms with E-state index in [9.17, 15) is 10.2 Å². The van der Waals surface area contributed by atoms with Gasteiger partial charge >= 0.3 is 0 Å². The van der Waals surface area contributed by atoms with Crippen LogP contribution >= 0.6 is 0 Å². The summed E-state index contributed by atoms with van der Waals surface area (Å²) in [7, 11) is 0. The van der Waals surface area contributed by atoms with Crippen LogP contribution < -0.4 is 5.32 Å². The molecule has 1 heterocycles. The van der Waals surface area contributed by atoms with Gasteiger partial charge in [-0.15, -0.1) is 0 Å². The molecule has 4 nitrogen and oxygen atoms in total. The van der Waals surface area contributed by atoms with Gasteiger partial charge in [0.15, 0.2) is 0 Å². The first-order chi connectivity index (χ1) is 6.26. The molecule has 1 atom stereocenters. The molecular formula is C9H19NO3. The van der Waals surface area contributed by atoms with E-state index in [1.165, 1.54) is 0 Å². The van der Waals surface area contributed by atoms with Crippen molar-refractivity contribution in [2.24, 2.45) is 0 Å². The molecule has 1 rings (SSSR count). The number of aliphatic hydroxyl groups excluding tert-OH is 2. The van der Waals surface area contributed by atoms with Gasteiger partial charge in [0.1, 0.15) is 0 Å². The SMILES string of the molecule is CCC(CO)(CO)NC1CCOC1. The van der Waals surface area contributed by atoms with Crippen LogP contribution in [0.3, 0.4) is 0 Å². The van der Waals surface area contributed by atoms with E-state index >= 15 is 0 Å². The van der Waals surface area contributed by atoms with Crippen molar-refractivity contribution in [3.63, 3.8) is 0 Å². The molecule has 1 fully saturated rings. The molecule has 4 heteroatoms. The maximum Gasteiger partial charge on any atom is 0.0648 e. The third kappa shape index (κ3) is 2.64. The van der Waals surface area contributed by atoms with E-state index in [0.717, 1.165) is 19.4 Å². The molecule has 0 bridgehead atoms. The van der Waals surface area contributed by atoms with Crippen molar-refractivity contribution in [1.29, 1.82) is 0 Å². The Morgan fingerprint density at radius 2 is 2.15 bits per heavy atom. The van der Waals surface area contributed by atoms with Gasteiger partial charge in [-0.3, -0.25) is 0 Å². The Balaban J connectivity index is 2.44. The molecule has 1 aliphatic heterocycles. The highest BCUT2D eigenvalue weighted by Crippen LogP contribution is 2.13. The van der Waals surface area contributed by atoms with Crippen LogP contribution in [0, 0.1) is 0 Å². The zero-order valence-corrected chi connectivity index (χ0v) is 8.12. The lowest BCUT2D eigenvalue weighted by Crippen LogP contribution is -2.55. The molecule has 0 saturated carbocycles. The summed E-state index contributed by atoms with van der Waals surface area (Å²) in [6.45, 7) is 3.35. The third-order valence-corrected chi connectivity index (χ3v) is 2.72. The van der Waals surface area contributed by atoms with Crippen LogP contribution in [0.2, 0.25) is 0 Å². The van der Waals surface area contributed by atoms with E-state index in [1.807, 2.05) is 6.92 Å². The first-order valence-corrected chi connectivity index (χ1v) is 4.83. The van der Waals surface area contributed by atoms with Crippen molar-refractivity contribution >= 4 is 0 Å². The molecule has 0 spiro atoms. The Labute approximate surface area is 78.9 Å². The second-order valence-corrected chi connectivity index (χ2v) is 3.65. The second kappa shape index (κ2) is 4.91. The molecular weight excluding hydrogens is 170 g/mol. The number of rotatable bonds is 5. The fourth-order valence-electron chi connectivity index (χ4n) is 1.55. The highest BCUT2D eigenvalue weighted by Gasteiger charge is 2.30. The van der Waals surface area contributed by atoms with Crippen LogP contribution in [-0.4, -0.2) is 48.2 Å². The first-order valence-electron chi connectivity index (χ1n) is 4.83. The lowest BCUT2D eigenvalue weighted by atomic mass is 9.97. The molecule has 3 N–H and O–H groups in total. The van der Waals surface area contributed by atoms with Gasteiger partial charge in [0.2, 0.25) is 0 Å². The lowest BCUT2D eigenvalue weighted by Gasteiger charge is -2.32. The van der Waals surface area contributed by atoms with Crippen molar-refractivity contribution in [2.45, 2.75) is 31.3 Å². The highest BCUT2D eigenvalue weighted by atomic mass is 16.5. The number of ether oxygens (including phenoxy) is 1. The van der Waals surface area contributed by atoms with Gasteiger partial charge in [-0.1, -0.05) is 6.92 Å². The predicted molar refractivity (Wildman–Crippen MR) is 49.6 cm³/mol. The zero-order chi connectivity index (χ0) is 9.73. The monoisotopic (exact) mass is 189 g/mol. The molecule has 1 aliphatic rings. The summed E-state index contributed by atoms with van der Waals surface area (Å²) in [5, 5.41) is 21.6. The van der Waals surface area contributed by atoms with E-state index in [-0.39, 0.29) is 19.3 Å². The molecule has 0 aromatic heterocycles. The minimum Gasteiger partial charge on any atom is -0.394 e. The topological polar surface area (TPSA) is 61.7 Å². The largest absolute Gasteiger partial charge is 0.394 e. The third-order valence-electron chi connectivity index (χ3n) is 2.72. The second-order valence-electron chi connectivity index (χ2n) is 3.65. The Morgan fingerprint density at radius 1 is 1.46 bits per heavy atom. The minimum atomic E-state index is -0.529. The van der Waals surface area contributed by atoms with Gasteiger partial charge in [0.05, 0.1) is 25.4 Å². The Kier molecular flexibility index (Phi) is 4.12. The average Bonchev–Trinajstić information content (AvgIpc) is 2.67. The van der Waals surface area contributed by atoms with E-state index < -0.39 is 5.54 Å². The van der Waals surface area contributed by atoms with Crippen molar-refractivity contribution in [1.82, 2.24) is 5.32 Å². The van der Waals surface area contributed by atoms with Crippen molar-refractivity contribution < 1.29 is 14.9 Å². The number of hydrogen-bond donors (Lipinski definition) is 3. The summed E-state index contributed by atoms with van der Waals surface area (Å²) in [5.74, 6) is 0. The van der Waals surface area contributed by atoms with Crippen LogP contribution in [0.15, 0.2) is 0 Å². The fourth-order valence-corrected chi connectivity index (χ4v) is 1.55. The van der Waals surface area contributed by atoms with Crippen LogP contribution in [0.4, 0.5) is 0 Å². The molecule has 13 heavy (non-hydrogen) atoms. The van der Waals surface area contributed by atoms with Gasteiger partial charge in [0.25, 0.3) is 0 Å². The normalized spacial score (nSPS) is 23.8. The fraction of sp³-hybridized carbons (Fsp3) is 1.00. The molecule has 0 aromatic rings. The van der Waals surface area contributed by atoms with Crippen molar-refractivity contribution in [3.8, 4) is 0 Å². The lowest BCUT2D eigenvalue weighted by molar-refractivity contribution is 0.0746. The van der Waals surface area contributed by atoms with E-state index in [0.29, 0.717) is 6.61 Å². The number of nitrogens with one attached hydrogen (secondary N) is 1. The molecule has 1 saturated heterocycles. The molecule has 0 aliphatic carbocycles. The molecule has 0 radical (unpaired) electrons. The highest BCUT2D eigenvalue weighted by molar-refractivity contribution is 4.89. The van der Waals surface area contributed by atoms with Crippen LogP contribution in [0.1, 0.15) is 19.8 Å². The Morgan fingerprint density at radius 3 is 2.54 bits per heavy atom. The Bertz CT molecular complexity index is 134. The summed E-state index contributed by atoms with van der Waals surface area (Å²) in [6, 6.07) is 0.277. The van der Waals surface area contributed by atoms with Gasteiger partial charge < -0.3 is 20.3 Å². The molecule has 1 unspecified atom stereocenters. The van der Waals surface area contributed by atoms with Crippen LogP contribution in [-0.2, 0) is 4.74 Å². The standard InChI is InChI=1S/C9H19NO3/c1-2-9(6-11,7-12)10-8-3-4-13-5-8/h8,10-12H,2-7H2,1H3. The zero-order valence-electron chi connectivity index (χ0n) is 8.12. The van der Waals surface area contributed by atoms with Gasteiger partial charge in [0, 0.05) is 12.6 Å². The van der Waals surface area contributed by atoms with Crippen molar-refractivity contribution in [2.75, 3.05) is 26.4 Å². The smallest absolute Gasteiger partial charge is 0.0648 e. The maximum atomic E-state index is 9.17. The van der Waals surface area contributed by atoms with Crippen LogP contribution in [0.25, 0.3) is 0 Å². The predicted octanol–water partition coefficient (Wildman–Crippen LogP) is -0.502. The number of hydrogen-bond acceptors (Lipinski definition) is 4. The van der Waals surface area contributed by atoms with E-state index in [4.69, 9.17) is 4.74 Å². The van der Waals surface area contributed by atoms with E-state index in [1.54, 1.807) is 0 Å². The minimum absolute atomic E-state index is 0.0312. The quantitative estimate of drug-likeness (QED) is 0.545. The first kappa shape index (κ1) is 10.9. The molecule has 78 valence electrons. The van der Waals surface area contributed by atoms with E-state index in [2.05, 4.69) is 5.32 Å². The average molecular weight is 189 g/mol. The maximum absolute atomic E-state index is 9.17. The van der Waals surface area contributed by atoms with Crippen molar-refractivity contribution in [3.05, 3.63) is 0 Å². The summed E-state index contributed by atoms with van der Waals surface area (Å²) >= 11 is 0. The van der Waals surface area contributed by atoms with Gasteiger partial charge in [-0.2, -0.15) is 0 Å². The van der Waals surface area contributed by atoms with Gasteiger partial charge in [-0.25, -0.2) is 0 Å². The number of aliphatic hydroxyl groups is 2. The summed E-state index contributed by atoms with van der Waals surface area (Å²) in [4.78, 5) is 0. The Hall–Kier alpha value is -0.160. The molecule has 0 aromatic carbocycles. The van der Waals surface area contributed by atoms with Gasteiger partial charge in [-0.05, 0) is 12.8 Å².